The summed E-state index contributed by atoms with van der Waals surface area (Å²) in [5, 5.41) is 10.5. The largest absolute Gasteiger partial charge is 0.302 e. The van der Waals surface area contributed by atoms with Crippen LogP contribution >= 0.6 is 35.0 Å². The standard InChI is InChI=1S/C16H22Cl2N4O2S2/c1-11(2)10-22-15(13-6-5-12(17)9-14(13)18)20-21-16(22)25-8-4-7-19-26(3,23)24/h5-6,9,11,19H,4,7-8,10H2,1-3H3. The Morgan fingerprint density at radius 2 is 2.00 bits per heavy atom. The molecule has 0 spiro atoms. The summed E-state index contributed by atoms with van der Waals surface area (Å²) in [6.07, 6.45) is 1.85. The van der Waals surface area contributed by atoms with E-state index in [4.69, 9.17) is 23.2 Å². The highest BCUT2D eigenvalue weighted by atomic mass is 35.5. The normalized spacial score (nSPS) is 12.1. The van der Waals surface area contributed by atoms with Gasteiger partial charge in [-0.1, -0.05) is 48.8 Å². The number of hydrogen-bond acceptors (Lipinski definition) is 5. The molecule has 0 unspecified atom stereocenters. The number of nitrogens with zero attached hydrogens (tertiary/aromatic N) is 3. The van der Waals surface area contributed by atoms with Gasteiger partial charge in [-0.3, -0.25) is 0 Å². The Kier molecular flexibility index (Phi) is 7.78. The molecule has 0 aliphatic carbocycles. The first-order valence-electron chi connectivity index (χ1n) is 8.13. The van der Waals surface area contributed by atoms with E-state index in [-0.39, 0.29) is 0 Å². The molecule has 0 atom stereocenters. The van der Waals surface area contributed by atoms with Gasteiger partial charge in [0.05, 0.1) is 11.3 Å². The number of benzene rings is 1. The van der Waals surface area contributed by atoms with E-state index in [1.807, 2.05) is 6.07 Å². The van der Waals surface area contributed by atoms with Gasteiger partial charge < -0.3 is 4.57 Å². The molecule has 0 aliphatic rings. The van der Waals surface area contributed by atoms with Crippen molar-refractivity contribution in [2.45, 2.75) is 32.0 Å². The molecule has 10 heteroatoms. The number of thioether (sulfide) groups is 1. The minimum atomic E-state index is -3.15. The van der Waals surface area contributed by atoms with Crippen molar-refractivity contribution in [2.75, 3.05) is 18.6 Å². The van der Waals surface area contributed by atoms with E-state index in [0.717, 1.165) is 29.3 Å². The molecule has 0 saturated heterocycles. The molecule has 2 aromatic rings. The van der Waals surface area contributed by atoms with E-state index in [0.29, 0.717) is 34.8 Å². The molecule has 0 aliphatic heterocycles. The van der Waals surface area contributed by atoms with Gasteiger partial charge in [-0.25, -0.2) is 13.1 Å². The lowest BCUT2D eigenvalue weighted by atomic mass is 10.2. The molecule has 1 N–H and O–H groups in total. The van der Waals surface area contributed by atoms with Gasteiger partial charge in [0.15, 0.2) is 11.0 Å². The van der Waals surface area contributed by atoms with Crippen LogP contribution in [0.3, 0.4) is 0 Å². The van der Waals surface area contributed by atoms with Crippen molar-refractivity contribution in [3.63, 3.8) is 0 Å². The monoisotopic (exact) mass is 436 g/mol. The molecular weight excluding hydrogens is 415 g/mol. The lowest BCUT2D eigenvalue weighted by Gasteiger charge is -2.13. The Labute approximate surface area is 168 Å². The average molecular weight is 437 g/mol. The van der Waals surface area contributed by atoms with Crippen molar-refractivity contribution >= 4 is 45.0 Å². The lowest BCUT2D eigenvalue weighted by Crippen LogP contribution is -2.23. The zero-order valence-corrected chi connectivity index (χ0v) is 18.0. The van der Waals surface area contributed by atoms with Crippen molar-refractivity contribution in [3.8, 4) is 11.4 Å². The van der Waals surface area contributed by atoms with Crippen LogP contribution in [0, 0.1) is 5.92 Å². The van der Waals surface area contributed by atoms with Crippen LogP contribution in [0.25, 0.3) is 11.4 Å². The van der Waals surface area contributed by atoms with Gasteiger partial charge in [0.25, 0.3) is 0 Å². The minimum absolute atomic E-state index is 0.403. The van der Waals surface area contributed by atoms with Crippen LogP contribution in [0.5, 0.6) is 0 Å². The van der Waals surface area contributed by atoms with Crippen molar-refractivity contribution in [2.24, 2.45) is 5.92 Å². The zero-order valence-electron chi connectivity index (χ0n) is 14.9. The third-order valence-electron chi connectivity index (χ3n) is 3.35. The van der Waals surface area contributed by atoms with E-state index in [1.165, 1.54) is 0 Å². The maximum absolute atomic E-state index is 11.1. The number of halogens is 2. The first-order valence-corrected chi connectivity index (χ1v) is 11.8. The third kappa shape index (κ3) is 6.42. The molecule has 1 aromatic heterocycles. The number of aromatic nitrogens is 3. The first kappa shape index (κ1) is 21.5. The molecule has 0 bridgehead atoms. The fraction of sp³-hybridized carbons (Fsp3) is 0.500. The lowest BCUT2D eigenvalue weighted by molar-refractivity contribution is 0.498. The van der Waals surface area contributed by atoms with Gasteiger partial charge >= 0.3 is 0 Å². The highest BCUT2D eigenvalue weighted by Gasteiger charge is 2.17. The van der Waals surface area contributed by atoms with E-state index >= 15 is 0 Å². The molecule has 6 nitrogen and oxygen atoms in total. The topological polar surface area (TPSA) is 76.9 Å². The fourth-order valence-corrected chi connectivity index (χ4v) is 4.18. The smallest absolute Gasteiger partial charge is 0.208 e. The Morgan fingerprint density at radius 1 is 1.27 bits per heavy atom. The zero-order chi connectivity index (χ0) is 19.3. The van der Waals surface area contributed by atoms with Crippen LogP contribution in [0.4, 0.5) is 0 Å². The average Bonchev–Trinajstić information content (AvgIpc) is 2.88. The summed E-state index contributed by atoms with van der Waals surface area (Å²) in [7, 11) is -3.15. The van der Waals surface area contributed by atoms with Gasteiger partial charge in [-0.05, 0) is 30.5 Å². The summed E-state index contributed by atoms with van der Waals surface area (Å²) in [5.74, 6) is 1.84. The van der Waals surface area contributed by atoms with Crippen LogP contribution in [-0.4, -0.2) is 41.7 Å². The summed E-state index contributed by atoms with van der Waals surface area (Å²) in [5.41, 5.74) is 0.787. The molecule has 26 heavy (non-hydrogen) atoms. The Balaban J connectivity index is 2.15. The quantitative estimate of drug-likeness (QED) is 0.475. The first-order chi connectivity index (χ1) is 12.2. The Hall–Kier alpha value is -0.800. The van der Waals surface area contributed by atoms with E-state index in [1.54, 1.807) is 23.9 Å². The summed E-state index contributed by atoms with van der Waals surface area (Å²) >= 11 is 13.9. The molecule has 0 amide bonds. The van der Waals surface area contributed by atoms with Crippen molar-refractivity contribution in [1.29, 1.82) is 0 Å². The second-order valence-corrected chi connectivity index (χ2v) is 10.0. The van der Waals surface area contributed by atoms with E-state index in [9.17, 15) is 8.42 Å². The molecule has 1 aromatic carbocycles. The summed E-state index contributed by atoms with van der Waals surface area (Å²) in [6, 6.07) is 5.31. The van der Waals surface area contributed by atoms with Crippen LogP contribution in [0.15, 0.2) is 23.4 Å². The summed E-state index contributed by atoms with van der Waals surface area (Å²) < 4.78 is 26.7. The Morgan fingerprint density at radius 3 is 2.62 bits per heavy atom. The van der Waals surface area contributed by atoms with Crippen molar-refractivity contribution in [3.05, 3.63) is 28.2 Å². The van der Waals surface area contributed by atoms with Crippen LogP contribution in [0.2, 0.25) is 10.0 Å². The number of sulfonamides is 1. The highest BCUT2D eigenvalue weighted by molar-refractivity contribution is 7.99. The van der Waals surface area contributed by atoms with Crippen molar-refractivity contribution < 1.29 is 8.42 Å². The van der Waals surface area contributed by atoms with Crippen LogP contribution in [0.1, 0.15) is 20.3 Å². The molecule has 0 radical (unpaired) electrons. The summed E-state index contributed by atoms with van der Waals surface area (Å²) in [6.45, 7) is 5.40. The fourth-order valence-electron chi connectivity index (χ4n) is 2.29. The number of hydrogen-bond donors (Lipinski definition) is 1. The molecule has 144 valence electrons. The van der Waals surface area contributed by atoms with Crippen LogP contribution in [-0.2, 0) is 16.6 Å². The van der Waals surface area contributed by atoms with Gasteiger partial charge in [0.1, 0.15) is 0 Å². The SMILES string of the molecule is CC(C)Cn1c(SCCCNS(C)(=O)=O)nnc1-c1ccc(Cl)cc1Cl. The van der Waals surface area contributed by atoms with Gasteiger partial charge in [-0.2, -0.15) is 0 Å². The summed E-state index contributed by atoms with van der Waals surface area (Å²) in [4.78, 5) is 0. The molecule has 1 heterocycles. The van der Waals surface area contributed by atoms with Crippen LogP contribution < -0.4 is 4.72 Å². The molecule has 2 rings (SSSR count). The second kappa shape index (κ2) is 9.41. The number of rotatable bonds is 9. The van der Waals surface area contributed by atoms with Crippen molar-refractivity contribution in [1.82, 2.24) is 19.5 Å². The maximum atomic E-state index is 11.1. The molecular formula is C16H22Cl2N4O2S2. The predicted octanol–water partition coefficient (Wildman–Crippen LogP) is 3.94. The van der Waals surface area contributed by atoms with E-state index < -0.39 is 10.0 Å². The van der Waals surface area contributed by atoms with Gasteiger partial charge in [0, 0.05) is 29.4 Å². The van der Waals surface area contributed by atoms with Gasteiger partial charge in [0.2, 0.25) is 10.0 Å². The Bertz CT molecular complexity index is 854. The van der Waals surface area contributed by atoms with E-state index in [2.05, 4.69) is 33.3 Å². The molecule has 0 saturated carbocycles. The number of nitrogens with one attached hydrogen (secondary N) is 1. The third-order valence-corrected chi connectivity index (χ3v) is 5.68. The van der Waals surface area contributed by atoms with Gasteiger partial charge in [-0.15, -0.1) is 10.2 Å². The second-order valence-electron chi connectivity index (χ2n) is 6.30. The maximum Gasteiger partial charge on any atom is 0.208 e. The minimum Gasteiger partial charge on any atom is -0.302 e. The highest BCUT2D eigenvalue weighted by Crippen LogP contribution is 2.32. The molecule has 0 fully saturated rings. The predicted molar refractivity (Wildman–Crippen MR) is 109 cm³/mol.